The maximum absolute atomic E-state index is 13.1. The van der Waals surface area contributed by atoms with E-state index < -0.39 is 0 Å². The number of fused-ring (bicyclic) bond motifs is 3. The van der Waals surface area contributed by atoms with Gasteiger partial charge < -0.3 is 9.88 Å². The van der Waals surface area contributed by atoms with Gasteiger partial charge in [0.15, 0.2) is 5.65 Å². The largest absolute Gasteiger partial charge is 0.361 e. The molecule has 3 aromatic heterocycles. The number of hydrogen-bond donors (Lipinski definition) is 2. The third kappa shape index (κ3) is 2.93. The fourth-order valence-electron chi connectivity index (χ4n) is 4.35. The zero-order chi connectivity index (χ0) is 21.8. The van der Waals surface area contributed by atoms with Gasteiger partial charge in [0.05, 0.1) is 17.9 Å². The summed E-state index contributed by atoms with van der Waals surface area (Å²) in [7, 11) is 0. The van der Waals surface area contributed by atoms with E-state index in [2.05, 4.69) is 10.1 Å². The van der Waals surface area contributed by atoms with Gasteiger partial charge in [0, 0.05) is 46.0 Å². The molecule has 0 aliphatic carbocycles. The van der Waals surface area contributed by atoms with Gasteiger partial charge in [-0.3, -0.25) is 14.7 Å². The highest BCUT2D eigenvalue weighted by molar-refractivity contribution is 6.33. The van der Waals surface area contributed by atoms with Gasteiger partial charge in [-0.2, -0.15) is 0 Å². The lowest BCUT2D eigenvalue weighted by atomic mass is 10.0. The third-order valence-corrected chi connectivity index (χ3v) is 6.35. The van der Waals surface area contributed by atoms with E-state index in [9.17, 15) is 9.59 Å². The van der Waals surface area contributed by atoms with Crippen LogP contribution >= 0.6 is 11.6 Å². The van der Waals surface area contributed by atoms with Crippen LogP contribution in [-0.2, 0) is 13.0 Å². The Morgan fingerprint density at radius 1 is 1.09 bits per heavy atom. The number of nitrogens with one attached hydrogen (secondary N) is 2. The number of benzene rings is 2. The average molecular weight is 444 g/mol. The molecule has 8 heteroatoms. The Bertz CT molecular complexity index is 1580. The number of halogens is 1. The quantitative estimate of drug-likeness (QED) is 0.432. The van der Waals surface area contributed by atoms with E-state index >= 15 is 0 Å². The molecule has 2 N–H and O–H groups in total. The van der Waals surface area contributed by atoms with Crippen molar-refractivity contribution in [2.24, 2.45) is 0 Å². The first-order valence-electron chi connectivity index (χ1n) is 10.3. The minimum Gasteiger partial charge on any atom is -0.361 e. The first kappa shape index (κ1) is 18.9. The summed E-state index contributed by atoms with van der Waals surface area (Å²) >= 11 is 6.32. The molecule has 5 aromatic rings. The first-order chi connectivity index (χ1) is 15.6. The SMILES string of the molecule is O=C(c1ccc2cc[nH]c2c1)N1CCc2c(nc3cc(-c4ccccc4Cl)[nH]n3c2=O)C1. The van der Waals surface area contributed by atoms with Gasteiger partial charge in [-0.05, 0) is 36.1 Å². The van der Waals surface area contributed by atoms with Crippen LogP contribution in [0.25, 0.3) is 27.8 Å². The topological polar surface area (TPSA) is 86.3 Å². The molecule has 0 radical (unpaired) electrons. The second kappa shape index (κ2) is 7.10. The summed E-state index contributed by atoms with van der Waals surface area (Å²) in [4.78, 5) is 35.8. The summed E-state index contributed by atoms with van der Waals surface area (Å²) in [5, 5.41) is 4.77. The summed E-state index contributed by atoms with van der Waals surface area (Å²) in [6, 6.07) is 16.8. The van der Waals surface area contributed by atoms with E-state index in [1.54, 1.807) is 11.0 Å². The Hall–Kier alpha value is -3.84. The van der Waals surface area contributed by atoms with Crippen LogP contribution in [0, 0.1) is 0 Å². The lowest BCUT2D eigenvalue weighted by Gasteiger charge is -2.27. The minimum atomic E-state index is -0.136. The molecule has 32 heavy (non-hydrogen) atoms. The first-order valence-corrected chi connectivity index (χ1v) is 10.7. The highest BCUT2D eigenvalue weighted by Gasteiger charge is 2.26. The summed E-state index contributed by atoms with van der Waals surface area (Å²) in [5.41, 5.74) is 4.70. The molecule has 0 fully saturated rings. The molecular formula is C24H18ClN5O2. The standard InChI is InChI=1S/C24H18ClN5O2/c25-18-4-2-1-3-16(18)20-12-22-27-21-13-29(10-8-17(21)24(32)30(22)28-20)23(31)15-6-5-14-7-9-26-19(14)11-15/h1-7,9,11-12,26,28H,8,10,13H2. The number of carbonyl (C=O) groups is 1. The van der Waals surface area contributed by atoms with E-state index in [0.29, 0.717) is 47.0 Å². The van der Waals surface area contributed by atoms with Crippen molar-refractivity contribution in [3.05, 3.63) is 93.0 Å². The maximum Gasteiger partial charge on any atom is 0.276 e. The van der Waals surface area contributed by atoms with Crippen LogP contribution in [0.2, 0.25) is 5.02 Å². The number of amides is 1. The van der Waals surface area contributed by atoms with Gasteiger partial charge in [0.1, 0.15) is 0 Å². The predicted molar refractivity (Wildman–Crippen MR) is 123 cm³/mol. The highest BCUT2D eigenvalue weighted by atomic mass is 35.5. The van der Waals surface area contributed by atoms with Crippen molar-refractivity contribution in [3.8, 4) is 11.3 Å². The van der Waals surface area contributed by atoms with Crippen molar-refractivity contribution in [1.29, 1.82) is 0 Å². The third-order valence-electron chi connectivity index (χ3n) is 6.02. The lowest BCUT2D eigenvalue weighted by Crippen LogP contribution is -2.39. The van der Waals surface area contributed by atoms with Gasteiger partial charge >= 0.3 is 0 Å². The fraction of sp³-hybridized carbons (Fsp3) is 0.125. The second-order valence-electron chi connectivity index (χ2n) is 7.94. The molecule has 1 aliphatic rings. The van der Waals surface area contributed by atoms with Gasteiger partial charge in [0.2, 0.25) is 0 Å². The molecule has 158 valence electrons. The van der Waals surface area contributed by atoms with Crippen molar-refractivity contribution in [2.45, 2.75) is 13.0 Å². The van der Waals surface area contributed by atoms with Crippen LogP contribution < -0.4 is 5.56 Å². The number of carbonyl (C=O) groups excluding carboxylic acids is 1. The van der Waals surface area contributed by atoms with E-state index in [1.807, 2.05) is 54.7 Å². The number of hydrogen-bond acceptors (Lipinski definition) is 3. The van der Waals surface area contributed by atoms with Crippen molar-refractivity contribution in [2.75, 3.05) is 6.54 Å². The van der Waals surface area contributed by atoms with E-state index in [-0.39, 0.29) is 11.5 Å². The minimum absolute atomic E-state index is 0.0695. The van der Waals surface area contributed by atoms with Crippen LogP contribution in [0.15, 0.2) is 65.6 Å². The van der Waals surface area contributed by atoms with Gasteiger partial charge in [-0.1, -0.05) is 35.9 Å². The molecule has 1 aliphatic heterocycles. The Kier molecular flexibility index (Phi) is 4.19. The van der Waals surface area contributed by atoms with Gasteiger partial charge in [0.25, 0.3) is 11.5 Å². The van der Waals surface area contributed by atoms with Gasteiger partial charge in [-0.25, -0.2) is 9.50 Å². The zero-order valence-corrected chi connectivity index (χ0v) is 17.7. The molecule has 1 amide bonds. The predicted octanol–water partition coefficient (Wildman–Crippen LogP) is 4.02. The molecule has 0 unspecified atom stereocenters. The molecule has 7 nitrogen and oxygen atoms in total. The Labute approximate surface area is 187 Å². The molecule has 6 rings (SSSR count). The molecule has 0 saturated heterocycles. The van der Waals surface area contributed by atoms with Crippen molar-refractivity contribution < 1.29 is 4.79 Å². The number of aromatic amines is 2. The van der Waals surface area contributed by atoms with Gasteiger partial charge in [-0.15, -0.1) is 0 Å². The zero-order valence-electron chi connectivity index (χ0n) is 16.9. The molecule has 2 aromatic carbocycles. The summed E-state index contributed by atoms with van der Waals surface area (Å²) in [6.07, 6.45) is 2.31. The van der Waals surface area contributed by atoms with Crippen LogP contribution in [0.3, 0.4) is 0 Å². The van der Waals surface area contributed by atoms with Crippen LogP contribution in [0.5, 0.6) is 0 Å². The smallest absolute Gasteiger partial charge is 0.276 e. The number of nitrogens with zero attached hydrogens (tertiary/aromatic N) is 3. The second-order valence-corrected chi connectivity index (χ2v) is 8.35. The van der Waals surface area contributed by atoms with E-state index in [4.69, 9.17) is 16.6 Å². The lowest BCUT2D eigenvalue weighted by molar-refractivity contribution is 0.0731. The number of H-pyrrole nitrogens is 2. The van der Waals surface area contributed by atoms with E-state index in [0.717, 1.165) is 22.2 Å². The Morgan fingerprint density at radius 3 is 2.84 bits per heavy atom. The molecular weight excluding hydrogens is 426 g/mol. The number of rotatable bonds is 2. The molecule has 4 heterocycles. The van der Waals surface area contributed by atoms with E-state index in [1.165, 1.54) is 4.52 Å². The Balaban J connectivity index is 1.36. The summed E-state index contributed by atoms with van der Waals surface area (Å²) < 4.78 is 1.45. The molecule has 0 atom stereocenters. The van der Waals surface area contributed by atoms with Crippen LogP contribution in [0.1, 0.15) is 21.6 Å². The summed E-state index contributed by atoms with van der Waals surface area (Å²) in [6.45, 7) is 0.769. The maximum atomic E-state index is 13.1. The number of aromatic nitrogens is 4. The molecule has 0 bridgehead atoms. The van der Waals surface area contributed by atoms with Crippen LogP contribution in [0.4, 0.5) is 0 Å². The molecule has 0 saturated carbocycles. The summed E-state index contributed by atoms with van der Waals surface area (Å²) in [5.74, 6) is -0.0695. The van der Waals surface area contributed by atoms with Crippen LogP contribution in [-0.4, -0.2) is 36.9 Å². The average Bonchev–Trinajstić information content (AvgIpc) is 3.45. The van der Waals surface area contributed by atoms with Crippen molar-refractivity contribution in [1.82, 2.24) is 24.5 Å². The Morgan fingerprint density at radius 2 is 1.97 bits per heavy atom. The van der Waals surface area contributed by atoms with Crippen molar-refractivity contribution in [3.63, 3.8) is 0 Å². The fourth-order valence-corrected chi connectivity index (χ4v) is 4.59. The normalized spacial score (nSPS) is 13.6. The molecule has 0 spiro atoms. The highest BCUT2D eigenvalue weighted by Crippen LogP contribution is 2.27. The monoisotopic (exact) mass is 443 g/mol. The van der Waals surface area contributed by atoms with Crippen molar-refractivity contribution >= 4 is 34.1 Å².